The molecule has 4 rings (SSSR count). The lowest BCUT2D eigenvalue weighted by atomic mass is 10.2. The first-order valence-electron chi connectivity index (χ1n) is 9.16. The summed E-state index contributed by atoms with van der Waals surface area (Å²) in [5.74, 6) is 0. The fraction of sp³-hybridized carbons (Fsp3) is 0.600. The average molecular weight is 362 g/mol. The molecule has 1 aromatic carbocycles. The first kappa shape index (κ1) is 16.5. The van der Waals surface area contributed by atoms with Gasteiger partial charge < -0.3 is 0 Å². The van der Waals surface area contributed by atoms with Crippen LogP contribution in [-0.4, -0.2) is 22.6 Å². The Morgan fingerprint density at radius 3 is 1.91 bits per heavy atom. The van der Waals surface area contributed by atoms with Gasteiger partial charge in [-0.3, -0.25) is 0 Å². The molecule has 0 saturated carbocycles. The molecule has 0 spiro atoms. The van der Waals surface area contributed by atoms with Crippen molar-refractivity contribution in [2.45, 2.75) is 76.0 Å². The van der Waals surface area contributed by atoms with E-state index in [1.807, 2.05) is 9.92 Å². The van der Waals surface area contributed by atoms with Gasteiger partial charge in [0.2, 0.25) is 0 Å². The maximum absolute atomic E-state index is 2.53. The molecule has 2 aliphatic heterocycles. The van der Waals surface area contributed by atoms with E-state index in [-0.39, 0.29) is 15.8 Å². The Bertz CT molecular complexity index is 687. The molecule has 3 heterocycles. The number of hydrogen-bond donors (Lipinski definition) is 0. The second-order valence-electron chi connectivity index (χ2n) is 7.62. The molecule has 3 heteroatoms. The molecule has 124 valence electrons. The standard InChI is InChI=1S/C20H28P2S/c1-13-9-10-14(2)21(13)19-17-7-5-6-8-18(17)23-20(19)22-15(3)11-12-16(22)4/h5-8,13-16H,9-12H2,1-4H3. The first-order valence-corrected chi connectivity index (χ1v) is 12.9. The van der Waals surface area contributed by atoms with Gasteiger partial charge in [0.05, 0.1) is 0 Å². The number of fused-ring (bicyclic) bond motifs is 1. The Morgan fingerprint density at radius 1 is 0.783 bits per heavy atom. The van der Waals surface area contributed by atoms with Crippen molar-refractivity contribution in [1.29, 1.82) is 0 Å². The van der Waals surface area contributed by atoms with E-state index in [2.05, 4.69) is 63.3 Å². The smallest absolute Gasteiger partial charge is 0.0372 e. The predicted molar refractivity (Wildman–Crippen MR) is 111 cm³/mol. The largest absolute Gasteiger partial charge is 0.135 e. The molecule has 0 aliphatic carbocycles. The van der Waals surface area contributed by atoms with Crippen LogP contribution in [-0.2, 0) is 0 Å². The molecular formula is C20H28P2S. The van der Waals surface area contributed by atoms with Gasteiger partial charge in [-0.15, -0.1) is 11.3 Å². The normalized spacial score (nSPS) is 37.7. The topological polar surface area (TPSA) is 0 Å². The monoisotopic (exact) mass is 362 g/mol. The number of benzene rings is 1. The molecule has 2 saturated heterocycles. The second kappa shape index (κ2) is 6.40. The third-order valence-electron chi connectivity index (χ3n) is 5.95. The van der Waals surface area contributed by atoms with Crippen LogP contribution in [0, 0.1) is 0 Å². The zero-order chi connectivity index (χ0) is 16.1. The third-order valence-corrected chi connectivity index (χ3v) is 14.7. The fourth-order valence-corrected chi connectivity index (χ4v) is 14.7. The zero-order valence-electron chi connectivity index (χ0n) is 14.7. The summed E-state index contributed by atoms with van der Waals surface area (Å²) in [6, 6.07) is 9.29. The highest BCUT2D eigenvalue weighted by molar-refractivity contribution is 7.79. The lowest BCUT2D eigenvalue weighted by molar-refractivity contribution is 0.777. The van der Waals surface area contributed by atoms with Gasteiger partial charge in [0.25, 0.3) is 0 Å². The summed E-state index contributed by atoms with van der Waals surface area (Å²) in [7, 11) is 0.0764. The summed E-state index contributed by atoms with van der Waals surface area (Å²) < 4.78 is 3.41. The lowest BCUT2D eigenvalue weighted by Crippen LogP contribution is -2.25. The molecule has 4 unspecified atom stereocenters. The Hall–Kier alpha value is 0.0400. The molecule has 0 bridgehead atoms. The van der Waals surface area contributed by atoms with E-state index >= 15 is 0 Å². The highest BCUT2D eigenvalue weighted by Gasteiger charge is 2.39. The van der Waals surface area contributed by atoms with E-state index in [0.717, 1.165) is 22.6 Å². The van der Waals surface area contributed by atoms with E-state index in [4.69, 9.17) is 0 Å². The Kier molecular flexibility index (Phi) is 4.59. The van der Waals surface area contributed by atoms with Gasteiger partial charge in [-0.1, -0.05) is 61.7 Å². The average Bonchev–Trinajstić information content (AvgIpc) is 3.16. The van der Waals surface area contributed by atoms with Crippen molar-refractivity contribution < 1.29 is 0 Å². The van der Waals surface area contributed by atoms with Gasteiger partial charge in [-0.25, -0.2) is 0 Å². The van der Waals surface area contributed by atoms with E-state index < -0.39 is 0 Å². The van der Waals surface area contributed by atoms with Crippen molar-refractivity contribution in [3.8, 4) is 0 Å². The molecule has 0 nitrogen and oxygen atoms in total. The third kappa shape index (κ3) is 2.72. The van der Waals surface area contributed by atoms with Crippen molar-refractivity contribution in [2.75, 3.05) is 0 Å². The fourth-order valence-electron chi connectivity index (χ4n) is 4.67. The molecule has 23 heavy (non-hydrogen) atoms. The second-order valence-corrected chi connectivity index (χ2v) is 15.0. The Morgan fingerprint density at radius 2 is 1.30 bits per heavy atom. The van der Waals surface area contributed by atoms with Crippen LogP contribution < -0.4 is 9.92 Å². The van der Waals surface area contributed by atoms with Crippen LogP contribution in [0.1, 0.15) is 53.4 Å². The predicted octanol–water partition coefficient (Wildman–Crippen LogP) is 6.26. The molecule has 0 N–H and O–H groups in total. The quantitative estimate of drug-likeness (QED) is 0.553. The van der Waals surface area contributed by atoms with Gasteiger partial charge in [0.15, 0.2) is 0 Å². The molecule has 0 amide bonds. The summed E-state index contributed by atoms with van der Waals surface area (Å²) >= 11 is 2.16. The number of rotatable bonds is 2. The summed E-state index contributed by atoms with van der Waals surface area (Å²) in [4.78, 5) is 0. The van der Waals surface area contributed by atoms with E-state index in [1.165, 1.54) is 25.7 Å². The van der Waals surface area contributed by atoms with Crippen LogP contribution in [0.25, 0.3) is 10.1 Å². The van der Waals surface area contributed by atoms with Crippen LogP contribution in [0.4, 0.5) is 0 Å². The van der Waals surface area contributed by atoms with E-state index in [1.54, 1.807) is 10.1 Å². The maximum atomic E-state index is 2.53. The van der Waals surface area contributed by atoms with Crippen LogP contribution >= 0.6 is 27.2 Å². The zero-order valence-corrected chi connectivity index (χ0v) is 17.4. The molecular weight excluding hydrogens is 334 g/mol. The van der Waals surface area contributed by atoms with Gasteiger partial charge in [-0.2, -0.15) is 0 Å². The van der Waals surface area contributed by atoms with Crippen LogP contribution in [0.3, 0.4) is 0 Å². The Labute approximate surface area is 147 Å². The minimum absolute atomic E-state index is 0.0262. The minimum Gasteiger partial charge on any atom is -0.135 e. The van der Waals surface area contributed by atoms with Gasteiger partial charge in [-0.05, 0) is 54.4 Å². The van der Waals surface area contributed by atoms with E-state index in [9.17, 15) is 0 Å². The highest BCUT2D eigenvalue weighted by Crippen LogP contribution is 2.61. The van der Waals surface area contributed by atoms with Crippen LogP contribution in [0.5, 0.6) is 0 Å². The van der Waals surface area contributed by atoms with E-state index in [0.29, 0.717) is 0 Å². The summed E-state index contributed by atoms with van der Waals surface area (Å²) in [6.45, 7) is 10.1. The van der Waals surface area contributed by atoms with Crippen LogP contribution in [0.2, 0.25) is 0 Å². The van der Waals surface area contributed by atoms with Crippen molar-refractivity contribution in [1.82, 2.24) is 0 Å². The number of thiophene rings is 1. The molecule has 2 aromatic rings. The maximum Gasteiger partial charge on any atom is 0.0372 e. The summed E-state index contributed by atoms with van der Waals surface area (Å²) in [6.07, 6.45) is 5.78. The summed E-state index contributed by atoms with van der Waals surface area (Å²) in [5, 5.41) is 3.47. The van der Waals surface area contributed by atoms with Gasteiger partial charge in [0, 0.05) is 20.0 Å². The van der Waals surface area contributed by atoms with Crippen molar-refractivity contribution in [2.24, 2.45) is 0 Å². The van der Waals surface area contributed by atoms with Gasteiger partial charge >= 0.3 is 0 Å². The van der Waals surface area contributed by atoms with Crippen LogP contribution in [0.15, 0.2) is 24.3 Å². The van der Waals surface area contributed by atoms with Crippen molar-refractivity contribution in [3.05, 3.63) is 24.3 Å². The highest BCUT2D eigenvalue weighted by atomic mass is 32.1. The first-order chi connectivity index (χ1) is 11.1. The van der Waals surface area contributed by atoms with Crippen molar-refractivity contribution in [3.63, 3.8) is 0 Å². The molecule has 2 aliphatic rings. The summed E-state index contributed by atoms with van der Waals surface area (Å²) in [5.41, 5.74) is 3.69. The Balaban J connectivity index is 1.92. The minimum atomic E-state index is 0.0262. The SMILES string of the molecule is CC1CCC(C)P1c1sc2ccccc2c1P1C(C)CCC1C. The lowest BCUT2D eigenvalue weighted by Gasteiger charge is -2.27. The molecule has 2 fully saturated rings. The molecule has 0 radical (unpaired) electrons. The molecule has 1 aromatic heterocycles. The van der Waals surface area contributed by atoms with Gasteiger partial charge in [0.1, 0.15) is 0 Å². The molecule has 4 atom stereocenters. The number of hydrogen-bond acceptors (Lipinski definition) is 1. The van der Waals surface area contributed by atoms with Crippen molar-refractivity contribution >= 4 is 47.2 Å².